The molecule has 2 N–H and O–H groups in total. The van der Waals surface area contributed by atoms with Gasteiger partial charge in [-0.05, 0) is 86.1 Å². The molecule has 0 bridgehead atoms. The van der Waals surface area contributed by atoms with Crippen molar-refractivity contribution in [3.8, 4) is 22.8 Å². The van der Waals surface area contributed by atoms with E-state index < -0.39 is 29.3 Å². The number of hydrogen-bond donors (Lipinski definition) is 2. The summed E-state index contributed by atoms with van der Waals surface area (Å²) in [6.07, 6.45) is 1.23. The van der Waals surface area contributed by atoms with Crippen molar-refractivity contribution in [1.29, 1.82) is 0 Å². The van der Waals surface area contributed by atoms with Gasteiger partial charge in [-0.1, -0.05) is 0 Å². The second kappa shape index (κ2) is 10.4. The van der Waals surface area contributed by atoms with E-state index >= 15 is 0 Å². The molecular weight excluding hydrogens is 520 g/mol. The molecule has 0 spiro atoms. The van der Waals surface area contributed by atoms with E-state index in [4.69, 9.17) is 9.47 Å². The number of hydrogen-bond acceptors (Lipinski definition) is 5. The van der Waals surface area contributed by atoms with Gasteiger partial charge in [0.05, 0.1) is 18.1 Å². The molecule has 5 rings (SSSR count). The van der Waals surface area contributed by atoms with Gasteiger partial charge in [0.25, 0.3) is 0 Å². The highest BCUT2D eigenvalue weighted by atomic mass is 19.1. The van der Waals surface area contributed by atoms with Crippen molar-refractivity contribution in [1.82, 2.24) is 4.98 Å². The quantitative estimate of drug-likeness (QED) is 0.342. The second-order valence-corrected chi connectivity index (χ2v) is 11.4. The molecule has 1 heterocycles. The predicted molar refractivity (Wildman–Crippen MR) is 142 cm³/mol. The topological polar surface area (TPSA) is 109 Å². The number of nitrogens with zero attached hydrogens (tertiary/aromatic N) is 1. The largest absolute Gasteiger partial charge is 0.493 e. The van der Waals surface area contributed by atoms with Crippen molar-refractivity contribution in [2.24, 2.45) is 11.8 Å². The molecule has 40 heavy (non-hydrogen) atoms. The van der Waals surface area contributed by atoms with Crippen LogP contribution in [0, 0.1) is 37.3 Å². The molecule has 9 heteroatoms. The molecule has 0 amide bonds. The number of aliphatic carboxylic acids is 1. The number of carboxylic acids is 1. The molecular formula is C31H32F2NO6. The zero-order chi connectivity index (χ0) is 28.9. The Morgan fingerprint density at radius 2 is 1.80 bits per heavy atom. The molecule has 2 aliphatic carbocycles. The minimum Gasteiger partial charge on any atom is -0.493 e. The lowest BCUT2D eigenvalue weighted by atomic mass is 9.93. The SMILES string of the molecule is Cc1cc(OCCC([O])C(C)(C)O)cc(C)c1-c1cc(COc2cc3c(cn2)[C@H]2[C@@H](C3)[C@@H]2C(=O)O)c(F)cc1F. The fourth-order valence-electron chi connectivity index (χ4n) is 5.80. The maximum atomic E-state index is 15.0. The van der Waals surface area contributed by atoms with E-state index in [9.17, 15) is 28.9 Å². The molecule has 2 aliphatic rings. The molecule has 3 aromatic rings. The Labute approximate surface area is 231 Å². The fourth-order valence-corrected chi connectivity index (χ4v) is 5.80. The summed E-state index contributed by atoms with van der Waals surface area (Å²) < 4.78 is 41.2. The lowest BCUT2D eigenvalue weighted by Gasteiger charge is -2.22. The van der Waals surface area contributed by atoms with Crippen LogP contribution in [0.5, 0.6) is 11.6 Å². The highest BCUT2D eigenvalue weighted by molar-refractivity contribution is 5.78. The molecule has 1 fully saturated rings. The number of aromatic nitrogens is 1. The number of aliphatic hydroxyl groups is 1. The van der Waals surface area contributed by atoms with Crippen LogP contribution in [0.3, 0.4) is 0 Å². The number of benzene rings is 2. The third-order valence-electron chi connectivity index (χ3n) is 7.99. The summed E-state index contributed by atoms with van der Waals surface area (Å²) in [6, 6.07) is 7.52. The zero-order valence-corrected chi connectivity index (χ0v) is 22.8. The molecule has 1 saturated carbocycles. The molecule has 1 aromatic heterocycles. The highest BCUT2D eigenvalue weighted by Gasteiger charge is 2.59. The van der Waals surface area contributed by atoms with Gasteiger partial charge >= 0.3 is 5.97 Å². The summed E-state index contributed by atoms with van der Waals surface area (Å²) in [7, 11) is 0. The van der Waals surface area contributed by atoms with Crippen LogP contribution in [0.25, 0.3) is 11.1 Å². The van der Waals surface area contributed by atoms with Crippen LogP contribution in [-0.2, 0) is 22.9 Å². The van der Waals surface area contributed by atoms with Gasteiger partial charge in [-0.25, -0.2) is 18.9 Å². The number of ether oxygens (including phenoxy) is 2. The van der Waals surface area contributed by atoms with Crippen molar-refractivity contribution < 1.29 is 38.4 Å². The van der Waals surface area contributed by atoms with Gasteiger partial charge in [0.2, 0.25) is 5.88 Å². The summed E-state index contributed by atoms with van der Waals surface area (Å²) in [5.74, 6) is -1.64. The van der Waals surface area contributed by atoms with Crippen LogP contribution in [0.15, 0.2) is 36.5 Å². The standard InChI is InChI=1S/C31H32F2NO6/c1-15-7-19(39-6-5-25(35)31(3,4)38)8-16(2)27(15)20-10-18(23(32)12-24(20)33)14-40-26-11-17-9-21-28(22(17)13-34-26)29(21)30(36)37/h7-8,10-13,21,25,28-29,38H,5-6,9,14H2,1-4H3,(H,36,37)/t21-,25?,28-,29+/m1/s1. The summed E-state index contributed by atoms with van der Waals surface area (Å²) in [6.45, 7) is 6.50. The Bertz CT molecular complexity index is 1440. The van der Waals surface area contributed by atoms with Crippen LogP contribution in [-0.4, -0.2) is 39.5 Å². The Morgan fingerprint density at radius 3 is 2.45 bits per heavy atom. The fraction of sp³-hybridized carbons (Fsp3) is 0.419. The third-order valence-corrected chi connectivity index (χ3v) is 7.99. The van der Waals surface area contributed by atoms with Crippen molar-refractivity contribution >= 4 is 5.97 Å². The van der Waals surface area contributed by atoms with Gasteiger partial charge in [-0.2, -0.15) is 0 Å². The number of rotatable bonds is 10. The van der Waals surface area contributed by atoms with Crippen molar-refractivity contribution in [2.45, 2.75) is 64.8 Å². The maximum Gasteiger partial charge on any atom is 0.307 e. The molecule has 1 radical (unpaired) electrons. The predicted octanol–water partition coefficient (Wildman–Crippen LogP) is 5.53. The molecule has 4 atom stereocenters. The first-order valence-corrected chi connectivity index (χ1v) is 13.3. The van der Waals surface area contributed by atoms with Crippen LogP contribution >= 0.6 is 0 Å². The first-order valence-electron chi connectivity index (χ1n) is 13.3. The van der Waals surface area contributed by atoms with Crippen molar-refractivity contribution in [2.75, 3.05) is 6.61 Å². The Kier molecular flexibility index (Phi) is 7.31. The van der Waals surface area contributed by atoms with E-state index in [0.29, 0.717) is 34.7 Å². The first kappa shape index (κ1) is 28.0. The summed E-state index contributed by atoms with van der Waals surface area (Å²) in [5.41, 5.74) is 3.01. The van der Waals surface area contributed by atoms with Gasteiger partial charge in [0.15, 0.2) is 0 Å². The maximum absolute atomic E-state index is 15.0. The lowest BCUT2D eigenvalue weighted by molar-refractivity contribution is -0.139. The summed E-state index contributed by atoms with van der Waals surface area (Å²) in [5, 5.41) is 31.1. The highest BCUT2D eigenvalue weighted by Crippen LogP contribution is 2.61. The van der Waals surface area contributed by atoms with E-state index in [1.165, 1.54) is 19.9 Å². The second-order valence-electron chi connectivity index (χ2n) is 11.4. The molecule has 7 nitrogen and oxygen atoms in total. The lowest BCUT2D eigenvalue weighted by Crippen LogP contribution is -2.35. The van der Waals surface area contributed by atoms with Gasteiger partial charge in [0, 0.05) is 41.8 Å². The Morgan fingerprint density at radius 1 is 1.10 bits per heavy atom. The number of halogens is 2. The summed E-state index contributed by atoms with van der Waals surface area (Å²) in [4.78, 5) is 15.6. The van der Waals surface area contributed by atoms with E-state index in [0.717, 1.165) is 17.2 Å². The zero-order valence-electron chi connectivity index (χ0n) is 22.8. The van der Waals surface area contributed by atoms with Gasteiger partial charge in [-0.15, -0.1) is 0 Å². The number of pyridine rings is 1. The molecule has 0 saturated heterocycles. The number of carboxylic acid groups (broad SMARTS) is 1. The van der Waals surface area contributed by atoms with Crippen LogP contribution < -0.4 is 9.47 Å². The first-order chi connectivity index (χ1) is 18.8. The minimum atomic E-state index is -1.34. The van der Waals surface area contributed by atoms with E-state index in [1.54, 1.807) is 38.2 Å². The third kappa shape index (κ3) is 5.40. The van der Waals surface area contributed by atoms with Crippen molar-refractivity contribution in [3.05, 3.63) is 76.0 Å². The van der Waals surface area contributed by atoms with Crippen LogP contribution in [0.2, 0.25) is 0 Å². The minimum absolute atomic E-state index is 0.00529. The molecule has 2 aromatic carbocycles. The Hall–Kier alpha value is -3.56. The average Bonchev–Trinajstić information content (AvgIpc) is 3.46. The monoisotopic (exact) mass is 552 g/mol. The smallest absolute Gasteiger partial charge is 0.307 e. The van der Waals surface area contributed by atoms with Crippen molar-refractivity contribution in [3.63, 3.8) is 0 Å². The van der Waals surface area contributed by atoms with Crippen LogP contribution in [0.4, 0.5) is 8.78 Å². The van der Waals surface area contributed by atoms with Gasteiger partial charge in [-0.3, -0.25) is 4.79 Å². The number of carbonyl (C=O) groups is 1. The van der Waals surface area contributed by atoms with Gasteiger partial charge in [0.1, 0.15) is 30.1 Å². The van der Waals surface area contributed by atoms with Gasteiger partial charge < -0.3 is 19.7 Å². The number of fused-ring (bicyclic) bond motifs is 3. The Balaban J connectivity index is 1.30. The molecule has 211 valence electrons. The van der Waals surface area contributed by atoms with E-state index in [1.807, 2.05) is 0 Å². The average molecular weight is 553 g/mol. The molecule has 1 unspecified atom stereocenters. The summed E-state index contributed by atoms with van der Waals surface area (Å²) >= 11 is 0. The normalized spacial score (nSPS) is 20.1. The van der Waals surface area contributed by atoms with E-state index in [2.05, 4.69) is 4.98 Å². The number of aryl methyl sites for hydroxylation is 2. The van der Waals surface area contributed by atoms with Crippen LogP contribution in [0.1, 0.15) is 54.0 Å². The molecule has 0 aliphatic heterocycles. The van der Waals surface area contributed by atoms with E-state index in [-0.39, 0.29) is 48.5 Å².